The van der Waals surface area contributed by atoms with E-state index in [1.54, 1.807) is 18.2 Å². The Morgan fingerprint density at radius 2 is 2.07 bits per heavy atom. The molecule has 6 nitrogen and oxygen atoms in total. The van der Waals surface area contributed by atoms with Crippen LogP contribution in [0.1, 0.15) is 27.3 Å². The van der Waals surface area contributed by atoms with Gasteiger partial charge in [0.1, 0.15) is 18.0 Å². The molecular formula is C20H18N4O2S. The van der Waals surface area contributed by atoms with Crippen LogP contribution in [0.2, 0.25) is 0 Å². The smallest absolute Gasteiger partial charge is 0.257 e. The van der Waals surface area contributed by atoms with Gasteiger partial charge in [0.2, 0.25) is 0 Å². The third kappa shape index (κ3) is 3.98. The lowest BCUT2D eigenvalue weighted by molar-refractivity contribution is 0.102. The van der Waals surface area contributed by atoms with Crippen LogP contribution in [0.15, 0.2) is 54.2 Å². The summed E-state index contributed by atoms with van der Waals surface area (Å²) in [4.78, 5) is 21.2. The molecule has 7 heteroatoms. The van der Waals surface area contributed by atoms with Gasteiger partial charge in [-0.15, -0.1) is 11.3 Å². The van der Waals surface area contributed by atoms with E-state index >= 15 is 0 Å². The number of nitrogens with one attached hydrogen (secondary N) is 1. The van der Waals surface area contributed by atoms with E-state index < -0.39 is 0 Å². The lowest BCUT2D eigenvalue weighted by atomic mass is 10.2. The highest BCUT2D eigenvalue weighted by Crippen LogP contribution is 2.19. The van der Waals surface area contributed by atoms with E-state index in [-0.39, 0.29) is 5.91 Å². The van der Waals surface area contributed by atoms with Gasteiger partial charge >= 0.3 is 0 Å². The highest BCUT2D eigenvalue weighted by molar-refractivity contribution is 7.13. The number of amides is 1. The van der Waals surface area contributed by atoms with E-state index in [4.69, 9.17) is 4.74 Å². The van der Waals surface area contributed by atoms with Crippen molar-refractivity contribution in [3.63, 3.8) is 0 Å². The summed E-state index contributed by atoms with van der Waals surface area (Å²) in [6, 6.07) is 11.1. The SMILES string of the molecule is Cc1ccc2nc(COc3cccc(C(=O)Nc4nc(C)cs4)c3)cn2c1. The number of aryl methyl sites for hydroxylation is 2. The lowest BCUT2D eigenvalue weighted by Gasteiger charge is -2.06. The number of ether oxygens (including phenoxy) is 1. The van der Waals surface area contributed by atoms with E-state index in [1.165, 1.54) is 16.9 Å². The Balaban J connectivity index is 1.44. The number of pyridine rings is 1. The van der Waals surface area contributed by atoms with Crippen molar-refractivity contribution in [3.05, 3.63) is 76.7 Å². The number of hydrogen-bond acceptors (Lipinski definition) is 5. The van der Waals surface area contributed by atoms with E-state index in [0.717, 1.165) is 17.0 Å². The number of thiazole rings is 1. The fourth-order valence-electron chi connectivity index (χ4n) is 2.69. The van der Waals surface area contributed by atoms with Crippen LogP contribution in [0.5, 0.6) is 5.75 Å². The van der Waals surface area contributed by atoms with Gasteiger partial charge in [-0.05, 0) is 43.7 Å². The summed E-state index contributed by atoms with van der Waals surface area (Å²) in [5.41, 5.74) is 4.28. The first-order valence-corrected chi connectivity index (χ1v) is 9.35. The van der Waals surface area contributed by atoms with Crippen molar-refractivity contribution in [1.82, 2.24) is 14.4 Å². The van der Waals surface area contributed by atoms with Crippen LogP contribution in [0.25, 0.3) is 5.65 Å². The van der Waals surface area contributed by atoms with Crippen molar-refractivity contribution in [2.45, 2.75) is 20.5 Å². The standard InChI is InChI=1S/C20H18N4O2S/c1-13-6-7-18-22-16(10-24(18)9-13)11-26-17-5-3-4-15(8-17)19(25)23-20-21-14(2)12-27-20/h3-10,12H,11H2,1-2H3,(H,21,23,25). The van der Waals surface area contributed by atoms with Gasteiger partial charge in [0.05, 0.1) is 11.4 Å². The zero-order valence-electron chi connectivity index (χ0n) is 15.0. The molecule has 0 atom stereocenters. The van der Waals surface area contributed by atoms with Crippen LogP contribution in [-0.4, -0.2) is 20.3 Å². The van der Waals surface area contributed by atoms with Crippen LogP contribution in [0, 0.1) is 13.8 Å². The van der Waals surface area contributed by atoms with Crippen LogP contribution in [0.4, 0.5) is 5.13 Å². The molecule has 0 saturated heterocycles. The Hall–Kier alpha value is -3.19. The second-order valence-corrected chi connectivity index (χ2v) is 7.13. The molecule has 4 aromatic rings. The van der Waals surface area contributed by atoms with E-state index in [2.05, 4.69) is 15.3 Å². The van der Waals surface area contributed by atoms with Gasteiger partial charge in [0.25, 0.3) is 5.91 Å². The van der Waals surface area contributed by atoms with Gasteiger partial charge in [-0.1, -0.05) is 12.1 Å². The van der Waals surface area contributed by atoms with Gasteiger partial charge in [-0.25, -0.2) is 9.97 Å². The van der Waals surface area contributed by atoms with Crippen LogP contribution < -0.4 is 10.1 Å². The first kappa shape index (κ1) is 17.2. The first-order chi connectivity index (χ1) is 13.1. The Bertz CT molecular complexity index is 1120. The zero-order valence-corrected chi connectivity index (χ0v) is 15.8. The second-order valence-electron chi connectivity index (χ2n) is 6.27. The molecule has 3 heterocycles. The summed E-state index contributed by atoms with van der Waals surface area (Å²) in [7, 11) is 0. The van der Waals surface area contributed by atoms with Crippen molar-refractivity contribution in [1.29, 1.82) is 0 Å². The highest BCUT2D eigenvalue weighted by atomic mass is 32.1. The number of nitrogens with zero attached hydrogens (tertiary/aromatic N) is 3. The molecule has 0 spiro atoms. The largest absolute Gasteiger partial charge is 0.487 e. The molecule has 136 valence electrons. The number of anilines is 1. The van der Waals surface area contributed by atoms with E-state index in [1.807, 2.05) is 54.2 Å². The monoisotopic (exact) mass is 378 g/mol. The number of carbonyl (C=O) groups is 1. The molecule has 1 N–H and O–H groups in total. The normalized spacial score (nSPS) is 10.9. The average molecular weight is 378 g/mol. The molecular weight excluding hydrogens is 360 g/mol. The number of carbonyl (C=O) groups excluding carboxylic acids is 1. The quantitative estimate of drug-likeness (QED) is 0.564. The summed E-state index contributed by atoms with van der Waals surface area (Å²) in [5.74, 6) is 0.407. The summed E-state index contributed by atoms with van der Waals surface area (Å²) in [5, 5.41) is 5.28. The third-order valence-corrected chi connectivity index (χ3v) is 4.85. The van der Waals surface area contributed by atoms with Gasteiger partial charge in [0, 0.05) is 23.3 Å². The molecule has 0 aliphatic heterocycles. The molecule has 0 fully saturated rings. The van der Waals surface area contributed by atoms with Gasteiger partial charge in [-0.2, -0.15) is 0 Å². The minimum absolute atomic E-state index is 0.210. The van der Waals surface area contributed by atoms with E-state index in [0.29, 0.717) is 23.1 Å². The minimum Gasteiger partial charge on any atom is -0.487 e. The Morgan fingerprint density at radius 1 is 1.19 bits per heavy atom. The molecule has 0 aliphatic rings. The summed E-state index contributed by atoms with van der Waals surface area (Å²) in [6.45, 7) is 4.26. The molecule has 4 rings (SSSR count). The molecule has 0 bridgehead atoms. The lowest BCUT2D eigenvalue weighted by Crippen LogP contribution is -2.11. The zero-order chi connectivity index (χ0) is 18.8. The number of rotatable bonds is 5. The maximum Gasteiger partial charge on any atom is 0.257 e. The first-order valence-electron chi connectivity index (χ1n) is 8.47. The average Bonchev–Trinajstić information content (AvgIpc) is 3.25. The third-order valence-electron chi connectivity index (χ3n) is 3.97. The Morgan fingerprint density at radius 3 is 2.89 bits per heavy atom. The molecule has 27 heavy (non-hydrogen) atoms. The van der Waals surface area contributed by atoms with Crippen molar-refractivity contribution < 1.29 is 9.53 Å². The van der Waals surface area contributed by atoms with Crippen LogP contribution >= 0.6 is 11.3 Å². The maximum atomic E-state index is 12.4. The Kier molecular flexibility index (Phi) is 4.60. The minimum atomic E-state index is -0.210. The number of aromatic nitrogens is 3. The fraction of sp³-hybridized carbons (Fsp3) is 0.150. The van der Waals surface area contributed by atoms with Gasteiger partial charge < -0.3 is 9.14 Å². The van der Waals surface area contributed by atoms with Crippen LogP contribution in [-0.2, 0) is 6.61 Å². The summed E-state index contributed by atoms with van der Waals surface area (Å²) >= 11 is 1.40. The van der Waals surface area contributed by atoms with E-state index in [9.17, 15) is 4.79 Å². The summed E-state index contributed by atoms with van der Waals surface area (Å²) in [6.07, 6.45) is 3.97. The topological polar surface area (TPSA) is 68.5 Å². The second kappa shape index (κ2) is 7.20. The Labute approximate surface area is 160 Å². The molecule has 0 saturated carbocycles. The number of hydrogen-bond donors (Lipinski definition) is 1. The number of benzene rings is 1. The van der Waals surface area contributed by atoms with Crippen molar-refractivity contribution in [2.75, 3.05) is 5.32 Å². The number of imidazole rings is 1. The fourth-order valence-corrected chi connectivity index (χ4v) is 3.37. The predicted octanol–water partition coefficient (Wildman–Crippen LogP) is 4.24. The predicted molar refractivity (Wildman–Crippen MR) is 106 cm³/mol. The molecule has 0 unspecified atom stereocenters. The molecule has 1 aromatic carbocycles. The van der Waals surface area contributed by atoms with Crippen molar-refractivity contribution in [3.8, 4) is 5.75 Å². The molecule has 0 aliphatic carbocycles. The molecule has 3 aromatic heterocycles. The number of fused-ring (bicyclic) bond motifs is 1. The van der Waals surface area contributed by atoms with Crippen molar-refractivity contribution >= 4 is 28.0 Å². The highest BCUT2D eigenvalue weighted by Gasteiger charge is 2.10. The van der Waals surface area contributed by atoms with Crippen LogP contribution in [0.3, 0.4) is 0 Å². The van der Waals surface area contributed by atoms with Gasteiger partial charge in [0.15, 0.2) is 5.13 Å². The van der Waals surface area contributed by atoms with Crippen molar-refractivity contribution in [2.24, 2.45) is 0 Å². The molecule has 1 amide bonds. The summed E-state index contributed by atoms with van der Waals surface area (Å²) < 4.78 is 7.81. The maximum absolute atomic E-state index is 12.4. The molecule has 0 radical (unpaired) electrons. The van der Waals surface area contributed by atoms with Gasteiger partial charge in [-0.3, -0.25) is 10.1 Å².